The predicted molar refractivity (Wildman–Crippen MR) is 105 cm³/mol. The first kappa shape index (κ1) is 18.0. The third-order valence-corrected chi connectivity index (χ3v) is 4.34. The summed E-state index contributed by atoms with van der Waals surface area (Å²) in [6, 6.07) is 15.3. The molecule has 2 N–H and O–H groups in total. The number of hydrogen-bond acceptors (Lipinski definition) is 5. The molecule has 0 aliphatic heterocycles. The summed E-state index contributed by atoms with van der Waals surface area (Å²) >= 11 is 1.34. The Hall–Kier alpha value is -2.80. The summed E-state index contributed by atoms with van der Waals surface area (Å²) in [7, 11) is 0. The highest BCUT2D eigenvalue weighted by atomic mass is 32.2. The van der Waals surface area contributed by atoms with Gasteiger partial charge in [0, 0.05) is 0 Å². The Morgan fingerprint density at radius 3 is 2.85 bits per heavy atom. The van der Waals surface area contributed by atoms with Crippen LogP contribution < -0.4 is 10.2 Å². The molecule has 0 spiro atoms. The van der Waals surface area contributed by atoms with Gasteiger partial charge in [-0.05, 0) is 48.4 Å². The van der Waals surface area contributed by atoms with E-state index >= 15 is 0 Å². The summed E-state index contributed by atoms with van der Waals surface area (Å²) in [6.45, 7) is 2.77. The fourth-order valence-corrected chi connectivity index (χ4v) is 2.89. The Morgan fingerprint density at radius 1 is 1.27 bits per heavy atom. The quantitative estimate of drug-likeness (QED) is 0.362. The molecule has 26 heavy (non-hydrogen) atoms. The average molecular weight is 368 g/mol. The van der Waals surface area contributed by atoms with Crippen LogP contribution in [0.1, 0.15) is 18.9 Å². The molecule has 3 rings (SSSR count). The second-order valence-electron chi connectivity index (χ2n) is 5.56. The summed E-state index contributed by atoms with van der Waals surface area (Å²) < 4.78 is 5.52. The minimum Gasteiger partial charge on any atom is -0.494 e. The smallest absolute Gasteiger partial charge is 0.250 e. The molecule has 2 aromatic carbocycles. The number of amides is 1. The van der Waals surface area contributed by atoms with Gasteiger partial charge in [0.2, 0.25) is 0 Å². The maximum Gasteiger partial charge on any atom is 0.250 e. The maximum atomic E-state index is 11.9. The molecule has 0 aliphatic rings. The van der Waals surface area contributed by atoms with Crippen molar-refractivity contribution in [2.75, 3.05) is 12.4 Å². The van der Waals surface area contributed by atoms with Crippen molar-refractivity contribution in [3.05, 3.63) is 54.1 Å². The number of nitrogens with zero attached hydrogens (tertiary/aromatic N) is 2. The van der Waals surface area contributed by atoms with Gasteiger partial charge in [0.25, 0.3) is 5.91 Å². The van der Waals surface area contributed by atoms with Crippen molar-refractivity contribution in [3.8, 4) is 5.75 Å². The van der Waals surface area contributed by atoms with E-state index in [2.05, 4.69) is 27.4 Å². The molecule has 0 fully saturated rings. The van der Waals surface area contributed by atoms with Crippen LogP contribution in [0.5, 0.6) is 5.75 Å². The van der Waals surface area contributed by atoms with Gasteiger partial charge >= 0.3 is 0 Å². The minimum absolute atomic E-state index is 0.186. The molecular formula is C19H20N4O2S. The zero-order chi connectivity index (χ0) is 18.2. The third kappa shape index (κ3) is 5.10. The van der Waals surface area contributed by atoms with E-state index in [1.165, 1.54) is 11.8 Å². The fourth-order valence-electron chi connectivity index (χ4n) is 2.21. The lowest BCUT2D eigenvalue weighted by Crippen LogP contribution is -2.19. The van der Waals surface area contributed by atoms with Gasteiger partial charge in [-0.15, -0.1) is 0 Å². The molecule has 7 heteroatoms. The van der Waals surface area contributed by atoms with Crippen molar-refractivity contribution >= 4 is 34.9 Å². The van der Waals surface area contributed by atoms with Crippen LogP contribution in [0.4, 0.5) is 0 Å². The van der Waals surface area contributed by atoms with Crippen LogP contribution in [0, 0.1) is 0 Å². The number of aromatic nitrogens is 2. The second-order valence-corrected chi connectivity index (χ2v) is 6.52. The Bertz CT molecular complexity index is 857. The van der Waals surface area contributed by atoms with Gasteiger partial charge in [-0.1, -0.05) is 30.8 Å². The largest absolute Gasteiger partial charge is 0.494 e. The van der Waals surface area contributed by atoms with Gasteiger partial charge in [0.15, 0.2) is 5.16 Å². The predicted octanol–water partition coefficient (Wildman–Crippen LogP) is 3.59. The number of fused-ring (bicyclic) bond motifs is 1. The van der Waals surface area contributed by atoms with Gasteiger partial charge in [-0.3, -0.25) is 4.79 Å². The molecule has 0 radical (unpaired) electrons. The molecule has 3 aromatic rings. The lowest BCUT2D eigenvalue weighted by molar-refractivity contribution is -0.118. The van der Waals surface area contributed by atoms with Gasteiger partial charge in [0.1, 0.15) is 5.75 Å². The van der Waals surface area contributed by atoms with Gasteiger partial charge in [0.05, 0.1) is 29.6 Å². The standard InChI is InChI=1S/C19H20N4O2S/c1-2-11-25-15-9-7-14(8-10-15)12-20-23-18(24)13-26-19-21-16-5-3-4-6-17(16)22-19/h3-10,12H,2,11,13H2,1H3,(H,21,22)(H,23,24). The molecule has 1 heterocycles. The van der Waals surface area contributed by atoms with Crippen molar-refractivity contribution in [3.63, 3.8) is 0 Å². The average Bonchev–Trinajstić information content (AvgIpc) is 3.09. The number of ether oxygens (including phenoxy) is 1. The zero-order valence-electron chi connectivity index (χ0n) is 14.4. The van der Waals surface area contributed by atoms with E-state index in [1.54, 1.807) is 6.21 Å². The Balaban J connectivity index is 1.45. The second kappa shape index (κ2) is 9.05. The van der Waals surface area contributed by atoms with E-state index in [-0.39, 0.29) is 11.7 Å². The number of rotatable bonds is 8. The maximum absolute atomic E-state index is 11.9. The lowest BCUT2D eigenvalue weighted by Gasteiger charge is -2.03. The zero-order valence-corrected chi connectivity index (χ0v) is 15.3. The summed E-state index contributed by atoms with van der Waals surface area (Å²) in [5.41, 5.74) is 5.26. The number of carbonyl (C=O) groups excluding carboxylic acids is 1. The van der Waals surface area contributed by atoms with E-state index in [4.69, 9.17) is 4.74 Å². The van der Waals surface area contributed by atoms with E-state index in [9.17, 15) is 4.79 Å². The topological polar surface area (TPSA) is 79.4 Å². The van der Waals surface area contributed by atoms with E-state index in [0.29, 0.717) is 11.8 Å². The van der Waals surface area contributed by atoms with Crippen molar-refractivity contribution in [2.24, 2.45) is 5.10 Å². The molecule has 0 saturated heterocycles. The fraction of sp³-hybridized carbons (Fsp3) is 0.211. The normalized spacial score (nSPS) is 11.1. The van der Waals surface area contributed by atoms with Crippen LogP contribution in [-0.2, 0) is 4.79 Å². The highest BCUT2D eigenvalue weighted by Gasteiger charge is 2.06. The number of imidazole rings is 1. The van der Waals surface area contributed by atoms with Crippen molar-refractivity contribution in [1.82, 2.24) is 15.4 Å². The van der Waals surface area contributed by atoms with Crippen molar-refractivity contribution in [1.29, 1.82) is 0 Å². The molecule has 0 saturated carbocycles. The summed E-state index contributed by atoms with van der Waals surface area (Å²) in [4.78, 5) is 19.5. The number of para-hydroxylation sites is 2. The molecular weight excluding hydrogens is 348 g/mol. The van der Waals surface area contributed by atoms with Gasteiger partial charge in [-0.25, -0.2) is 10.4 Å². The molecule has 0 unspecified atom stereocenters. The minimum atomic E-state index is -0.186. The number of hydrogen-bond donors (Lipinski definition) is 2. The first-order chi connectivity index (χ1) is 12.7. The van der Waals surface area contributed by atoms with Crippen LogP contribution in [-0.4, -0.2) is 34.4 Å². The lowest BCUT2D eigenvalue weighted by atomic mass is 10.2. The van der Waals surface area contributed by atoms with E-state index in [0.717, 1.165) is 28.8 Å². The summed E-state index contributed by atoms with van der Waals surface area (Å²) in [6.07, 6.45) is 2.58. The first-order valence-corrected chi connectivity index (χ1v) is 9.35. The van der Waals surface area contributed by atoms with Crippen molar-refractivity contribution < 1.29 is 9.53 Å². The monoisotopic (exact) mass is 368 g/mol. The summed E-state index contributed by atoms with van der Waals surface area (Å²) in [5, 5.41) is 4.69. The van der Waals surface area contributed by atoms with Crippen LogP contribution in [0.3, 0.4) is 0 Å². The Kier molecular flexibility index (Phi) is 6.27. The van der Waals surface area contributed by atoms with Crippen LogP contribution >= 0.6 is 11.8 Å². The highest BCUT2D eigenvalue weighted by molar-refractivity contribution is 7.99. The Labute approximate surface area is 156 Å². The molecule has 1 amide bonds. The van der Waals surface area contributed by atoms with E-state index < -0.39 is 0 Å². The van der Waals surface area contributed by atoms with Crippen molar-refractivity contribution in [2.45, 2.75) is 18.5 Å². The molecule has 6 nitrogen and oxygen atoms in total. The SMILES string of the molecule is CCCOc1ccc(C=NNC(=O)CSc2nc3ccccc3[nH]2)cc1. The number of thioether (sulfide) groups is 1. The summed E-state index contributed by atoms with van der Waals surface area (Å²) in [5.74, 6) is 0.880. The van der Waals surface area contributed by atoms with Gasteiger partial charge < -0.3 is 9.72 Å². The number of aromatic amines is 1. The molecule has 134 valence electrons. The molecule has 1 aromatic heterocycles. The first-order valence-electron chi connectivity index (χ1n) is 8.37. The third-order valence-electron chi connectivity index (χ3n) is 3.46. The van der Waals surface area contributed by atoms with Gasteiger partial charge in [-0.2, -0.15) is 5.10 Å². The van der Waals surface area contributed by atoms with Crippen LogP contribution in [0.2, 0.25) is 0 Å². The molecule has 0 bridgehead atoms. The van der Waals surface area contributed by atoms with Crippen LogP contribution in [0.15, 0.2) is 58.8 Å². The van der Waals surface area contributed by atoms with E-state index in [1.807, 2.05) is 48.5 Å². The number of nitrogens with one attached hydrogen (secondary N) is 2. The number of H-pyrrole nitrogens is 1. The Morgan fingerprint density at radius 2 is 2.08 bits per heavy atom. The van der Waals surface area contributed by atoms with Crippen LogP contribution in [0.25, 0.3) is 11.0 Å². The number of carbonyl (C=O) groups is 1. The highest BCUT2D eigenvalue weighted by Crippen LogP contribution is 2.18. The number of benzene rings is 2. The number of hydrazone groups is 1. The molecule has 0 atom stereocenters. The molecule has 0 aliphatic carbocycles.